The van der Waals surface area contributed by atoms with Crippen LogP contribution in [0.2, 0.25) is 0 Å². The third kappa shape index (κ3) is 5.00. The Hall–Kier alpha value is -4.39. The number of carboxylic acids is 1. The maximum absolute atomic E-state index is 13.3. The fraction of sp³-hybridized carbons (Fsp3) is 0.172. The second-order valence-corrected chi connectivity index (χ2v) is 8.79. The van der Waals surface area contributed by atoms with E-state index in [0.717, 1.165) is 33.2 Å². The summed E-state index contributed by atoms with van der Waals surface area (Å²) in [5.41, 5.74) is 5.76. The number of ether oxygens (including phenoxy) is 1. The van der Waals surface area contributed by atoms with Crippen molar-refractivity contribution >= 4 is 16.9 Å². The average Bonchev–Trinajstić information content (AvgIpc) is 3.55. The van der Waals surface area contributed by atoms with E-state index in [1.54, 1.807) is 18.2 Å². The lowest BCUT2D eigenvalue weighted by Gasteiger charge is -2.15. The Morgan fingerprint density at radius 2 is 1.83 bits per heavy atom. The molecule has 7 heteroatoms. The van der Waals surface area contributed by atoms with Gasteiger partial charge in [0.25, 0.3) is 0 Å². The lowest BCUT2D eigenvalue weighted by atomic mass is 9.92. The number of hydrogen-bond acceptors (Lipinski definition) is 4. The van der Waals surface area contributed by atoms with E-state index < -0.39 is 11.9 Å². The van der Waals surface area contributed by atoms with Crippen molar-refractivity contribution in [3.05, 3.63) is 119 Å². The minimum absolute atomic E-state index is 0.0798. The normalized spacial score (nSPS) is 12.1. The molecule has 0 aliphatic carbocycles. The van der Waals surface area contributed by atoms with Crippen LogP contribution in [0, 0.1) is 12.7 Å². The number of carbonyl (C=O) groups is 1. The van der Waals surface area contributed by atoms with Crippen LogP contribution < -0.4 is 4.74 Å². The Labute approximate surface area is 207 Å². The molecule has 0 aliphatic heterocycles. The summed E-state index contributed by atoms with van der Waals surface area (Å²) in [4.78, 5) is 11.4. The van der Waals surface area contributed by atoms with Crippen LogP contribution in [0.4, 0.5) is 4.39 Å². The number of aliphatic carboxylic acids is 1. The first-order chi connectivity index (χ1) is 17.5. The number of benzene rings is 3. The van der Waals surface area contributed by atoms with Crippen LogP contribution in [0.5, 0.6) is 5.75 Å². The first-order valence-corrected chi connectivity index (χ1v) is 11.6. The Balaban J connectivity index is 1.32. The van der Waals surface area contributed by atoms with Gasteiger partial charge in [0.1, 0.15) is 24.4 Å². The lowest BCUT2D eigenvalue weighted by molar-refractivity contribution is -0.137. The third-order valence-corrected chi connectivity index (χ3v) is 6.43. The van der Waals surface area contributed by atoms with Crippen LogP contribution in [0.1, 0.15) is 40.3 Å². The van der Waals surface area contributed by atoms with Gasteiger partial charge in [-0.05, 0) is 64.9 Å². The van der Waals surface area contributed by atoms with Gasteiger partial charge in [-0.2, -0.15) is 0 Å². The minimum atomic E-state index is -0.904. The fourth-order valence-electron chi connectivity index (χ4n) is 4.52. The van der Waals surface area contributed by atoms with E-state index in [1.165, 1.54) is 18.4 Å². The molecular weight excluding hydrogens is 459 g/mol. The number of nitrogens with zero attached hydrogens (tertiary/aromatic N) is 2. The second kappa shape index (κ2) is 10.1. The highest BCUT2D eigenvalue weighted by Gasteiger charge is 2.20. The molecule has 0 saturated carbocycles. The molecule has 0 saturated heterocycles. The summed E-state index contributed by atoms with van der Waals surface area (Å²) in [5, 5.41) is 14.4. The van der Waals surface area contributed by atoms with Crippen molar-refractivity contribution in [1.82, 2.24) is 9.72 Å². The molecule has 3 aromatic carbocycles. The van der Waals surface area contributed by atoms with Crippen molar-refractivity contribution in [2.75, 3.05) is 0 Å². The topological polar surface area (TPSA) is 77.5 Å². The third-order valence-electron chi connectivity index (χ3n) is 6.43. The van der Waals surface area contributed by atoms with Gasteiger partial charge < -0.3 is 18.9 Å². The van der Waals surface area contributed by atoms with Crippen molar-refractivity contribution in [2.45, 2.75) is 32.4 Å². The molecule has 0 aliphatic rings. The van der Waals surface area contributed by atoms with Gasteiger partial charge in [-0.25, -0.2) is 4.39 Å². The van der Waals surface area contributed by atoms with Crippen molar-refractivity contribution in [1.29, 1.82) is 0 Å². The van der Waals surface area contributed by atoms with Crippen LogP contribution >= 0.6 is 0 Å². The van der Waals surface area contributed by atoms with Crippen molar-refractivity contribution in [3.8, 4) is 5.75 Å². The van der Waals surface area contributed by atoms with E-state index in [4.69, 9.17) is 9.26 Å². The highest BCUT2D eigenvalue weighted by Crippen LogP contribution is 2.29. The minimum Gasteiger partial charge on any atom is -0.489 e. The maximum Gasteiger partial charge on any atom is 0.304 e. The van der Waals surface area contributed by atoms with E-state index in [1.807, 2.05) is 30.5 Å². The number of halogens is 1. The summed E-state index contributed by atoms with van der Waals surface area (Å²) < 4.78 is 26.4. The first-order valence-electron chi connectivity index (χ1n) is 11.6. The van der Waals surface area contributed by atoms with Crippen LogP contribution in [-0.2, 0) is 17.9 Å². The first kappa shape index (κ1) is 23.4. The van der Waals surface area contributed by atoms with Gasteiger partial charge in [0.05, 0.1) is 17.6 Å². The summed E-state index contributed by atoms with van der Waals surface area (Å²) in [7, 11) is 0. The van der Waals surface area contributed by atoms with Crippen molar-refractivity contribution in [3.63, 3.8) is 0 Å². The summed E-state index contributed by atoms with van der Waals surface area (Å²) in [5.74, 6) is -0.850. The van der Waals surface area contributed by atoms with Crippen LogP contribution in [-0.4, -0.2) is 20.8 Å². The predicted molar refractivity (Wildman–Crippen MR) is 134 cm³/mol. The number of aryl methyl sites for hydroxylation is 1. The SMILES string of the molecule is Cc1c(COc2ccc([C@H](CC(=O)O)c3ccon3)cc2)ccc2ccn(Cc3ccc(F)cc3)c12. The molecule has 0 radical (unpaired) electrons. The zero-order valence-electron chi connectivity index (χ0n) is 19.7. The Bertz CT molecular complexity index is 1470. The van der Waals surface area contributed by atoms with Gasteiger partial charge in [0, 0.05) is 24.7 Å². The standard InChI is InChI=1S/C29H25FN2O4/c1-19-23(5-4-22-12-14-32(29(19)22)17-20-2-8-24(30)9-3-20)18-35-25-10-6-21(7-11-25)26(16-28(33)34)27-13-15-36-31-27/h2-15,26H,16-18H2,1H3,(H,33,34)/t26-/m0/s1. The van der Waals surface area contributed by atoms with Gasteiger partial charge >= 0.3 is 5.97 Å². The molecule has 6 nitrogen and oxygen atoms in total. The molecule has 0 spiro atoms. The molecule has 2 aromatic heterocycles. The van der Waals surface area contributed by atoms with Gasteiger partial charge in [0.2, 0.25) is 0 Å². The van der Waals surface area contributed by atoms with Crippen LogP contribution in [0.25, 0.3) is 10.9 Å². The number of fused-ring (bicyclic) bond motifs is 1. The fourth-order valence-corrected chi connectivity index (χ4v) is 4.52. The van der Waals surface area contributed by atoms with E-state index in [0.29, 0.717) is 24.6 Å². The molecule has 0 bridgehead atoms. The molecule has 2 heterocycles. The summed E-state index contributed by atoms with van der Waals surface area (Å²) in [6, 6.07) is 21.9. The zero-order valence-corrected chi connectivity index (χ0v) is 19.7. The van der Waals surface area contributed by atoms with Gasteiger partial charge in [-0.1, -0.05) is 41.6 Å². The van der Waals surface area contributed by atoms with Gasteiger partial charge in [-0.15, -0.1) is 0 Å². The summed E-state index contributed by atoms with van der Waals surface area (Å²) in [6.45, 7) is 3.13. The predicted octanol–water partition coefficient (Wildman–Crippen LogP) is 6.31. The highest BCUT2D eigenvalue weighted by molar-refractivity contribution is 5.84. The summed E-state index contributed by atoms with van der Waals surface area (Å²) in [6.07, 6.45) is 3.41. The van der Waals surface area contributed by atoms with Crippen LogP contribution in [0.15, 0.2) is 89.8 Å². The lowest BCUT2D eigenvalue weighted by Crippen LogP contribution is -2.08. The quantitative estimate of drug-likeness (QED) is 0.265. The molecule has 0 amide bonds. The largest absolute Gasteiger partial charge is 0.489 e. The number of carboxylic acid groups (broad SMARTS) is 1. The van der Waals surface area contributed by atoms with Gasteiger partial charge in [-0.3, -0.25) is 4.79 Å². The van der Waals surface area contributed by atoms with E-state index >= 15 is 0 Å². The van der Waals surface area contributed by atoms with E-state index in [2.05, 4.69) is 34.8 Å². The van der Waals surface area contributed by atoms with Gasteiger partial charge in [0.15, 0.2) is 0 Å². The van der Waals surface area contributed by atoms with Crippen molar-refractivity contribution < 1.29 is 23.6 Å². The van der Waals surface area contributed by atoms with Crippen LogP contribution in [0.3, 0.4) is 0 Å². The Morgan fingerprint density at radius 1 is 1.06 bits per heavy atom. The molecule has 36 heavy (non-hydrogen) atoms. The Kier molecular flexibility index (Phi) is 6.54. The molecule has 5 rings (SSSR count). The molecule has 182 valence electrons. The number of hydrogen-bond donors (Lipinski definition) is 1. The number of aromatic nitrogens is 2. The molecule has 1 N–H and O–H groups in total. The molecule has 0 fully saturated rings. The highest BCUT2D eigenvalue weighted by atomic mass is 19.1. The maximum atomic E-state index is 13.3. The summed E-state index contributed by atoms with van der Waals surface area (Å²) >= 11 is 0. The molecule has 0 unspecified atom stereocenters. The monoisotopic (exact) mass is 484 g/mol. The molecule has 5 aromatic rings. The number of rotatable bonds is 9. The smallest absolute Gasteiger partial charge is 0.304 e. The second-order valence-electron chi connectivity index (χ2n) is 8.79. The van der Waals surface area contributed by atoms with E-state index in [9.17, 15) is 14.3 Å². The molecular formula is C29H25FN2O4. The average molecular weight is 485 g/mol. The van der Waals surface area contributed by atoms with Crippen molar-refractivity contribution in [2.24, 2.45) is 0 Å². The molecule has 1 atom stereocenters. The Morgan fingerprint density at radius 3 is 2.53 bits per heavy atom. The zero-order chi connectivity index (χ0) is 25.1. The van der Waals surface area contributed by atoms with E-state index in [-0.39, 0.29) is 12.2 Å².